The van der Waals surface area contributed by atoms with E-state index in [0.717, 1.165) is 10.9 Å². The molecule has 0 N–H and O–H groups in total. The molecule has 19 heavy (non-hydrogen) atoms. The molecule has 4 nitrogen and oxygen atoms in total. The number of non-ortho nitro benzene ring substituents is 1. The highest BCUT2D eigenvalue weighted by Gasteiger charge is 2.20. The Kier molecular flexibility index (Phi) is 2.93. The van der Waals surface area contributed by atoms with Gasteiger partial charge in [0.05, 0.1) is 4.92 Å². The number of nitrogens with zero attached hydrogens (tertiary/aromatic N) is 2. The molecule has 0 atom stereocenters. The summed E-state index contributed by atoms with van der Waals surface area (Å²) in [4.78, 5) is 15.1. The van der Waals surface area contributed by atoms with Crippen molar-refractivity contribution < 1.29 is 4.92 Å². The van der Waals surface area contributed by atoms with Crippen molar-refractivity contribution in [2.75, 3.05) is 0 Å². The van der Waals surface area contributed by atoms with Crippen molar-refractivity contribution >= 4 is 16.6 Å². The normalized spacial score (nSPS) is 16.1. The summed E-state index contributed by atoms with van der Waals surface area (Å²) < 4.78 is 0. The van der Waals surface area contributed by atoms with Gasteiger partial charge >= 0.3 is 0 Å². The molecule has 1 aliphatic rings. The molecule has 0 amide bonds. The fourth-order valence-corrected chi connectivity index (χ4v) is 3.02. The number of fused-ring (bicyclic) bond motifs is 1. The van der Waals surface area contributed by atoms with Gasteiger partial charge in [-0.15, -0.1) is 0 Å². The van der Waals surface area contributed by atoms with E-state index < -0.39 is 0 Å². The van der Waals surface area contributed by atoms with Gasteiger partial charge in [-0.1, -0.05) is 12.8 Å². The number of rotatable bonds is 2. The summed E-state index contributed by atoms with van der Waals surface area (Å²) in [5, 5.41) is 12.0. The molecule has 1 saturated carbocycles. The molecule has 1 heterocycles. The predicted molar refractivity (Wildman–Crippen MR) is 74.3 cm³/mol. The third kappa shape index (κ3) is 2.18. The molecule has 98 valence electrons. The number of pyridine rings is 1. The summed E-state index contributed by atoms with van der Waals surface area (Å²) in [5.74, 6) is 0.580. The first-order valence-electron chi connectivity index (χ1n) is 6.70. The van der Waals surface area contributed by atoms with Crippen molar-refractivity contribution in [1.29, 1.82) is 0 Å². The first-order chi connectivity index (χ1) is 9.15. The van der Waals surface area contributed by atoms with E-state index in [2.05, 4.69) is 11.1 Å². The van der Waals surface area contributed by atoms with Crippen LogP contribution in [0.3, 0.4) is 0 Å². The Balaban J connectivity index is 2.15. The zero-order chi connectivity index (χ0) is 13.4. The van der Waals surface area contributed by atoms with Crippen LogP contribution in [0.2, 0.25) is 0 Å². The summed E-state index contributed by atoms with van der Waals surface area (Å²) >= 11 is 0. The third-order valence-corrected chi connectivity index (χ3v) is 3.95. The lowest BCUT2D eigenvalue weighted by molar-refractivity contribution is -0.383. The zero-order valence-corrected chi connectivity index (χ0v) is 10.9. The summed E-state index contributed by atoms with van der Waals surface area (Å²) in [7, 11) is 0. The molecule has 0 saturated heterocycles. The molecule has 1 aliphatic carbocycles. The molecular weight excluding hydrogens is 240 g/mol. The van der Waals surface area contributed by atoms with Crippen molar-refractivity contribution in [2.24, 2.45) is 0 Å². The maximum Gasteiger partial charge on any atom is 0.295 e. The van der Waals surface area contributed by atoms with Crippen LogP contribution in [0.25, 0.3) is 10.9 Å². The van der Waals surface area contributed by atoms with Crippen LogP contribution in [0.1, 0.15) is 42.7 Å². The van der Waals surface area contributed by atoms with Crippen molar-refractivity contribution in [3.05, 3.63) is 45.6 Å². The van der Waals surface area contributed by atoms with Crippen LogP contribution in [-0.2, 0) is 0 Å². The van der Waals surface area contributed by atoms with Gasteiger partial charge in [0.15, 0.2) is 0 Å². The lowest BCUT2D eigenvalue weighted by Crippen LogP contribution is -1.97. The number of nitro groups is 1. The molecule has 0 radical (unpaired) electrons. The minimum Gasteiger partial charge on any atom is -0.258 e. The molecule has 1 fully saturated rings. The minimum absolute atomic E-state index is 0.105. The first-order valence-corrected chi connectivity index (χ1v) is 6.70. The summed E-state index contributed by atoms with van der Waals surface area (Å²) in [5.41, 5.74) is 2.74. The van der Waals surface area contributed by atoms with E-state index in [1.165, 1.54) is 31.2 Å². The Labute approximate surface area is 111 Å². The van der Waals surface area contributed by atoms with E-state index in [0.29, 0.717) is 11.4 Å². The Morgan fingerprint density at radius 2 is 2.00 bits per heavy atom. The fourth-order valence-electron chi connectivity index (χ4n) is 3.02. The Morgan fingerprint density at radius 1 is 1.26 bits per heavy atom. The number of hydrogen-bond acceptors (Lipinski definition) is 3. The third-order valence-electron chi connectivity index (χ3n) is 3.95. The molecule has 0 aliphatic heterocycles. The highest BCUT2D eigenvalue weighted by atomic mass is 16.6. The smallest absolute Gasteiger partial charge is 0.258 e. The van der Waals surface area contributed by atoms with Gasteiger partial charge in [0.25, 0.3) is 5.69 Å². The van der Waals surface area contributed by atoms with Gasteiger partial charge in [-0.3, -0.25) is 10.1 Å². The van der Waals surface area contributed by atoms with E-state index >= 15 is 0 Å². The van der Waals surface area contributed by atoms with Gasteiger partial charge in [-0.2, -0.15) is 0 Å². The molecule has 1 aromatic carbocycles. The molecule has 3 rings (SSSR count). The SMILES string of the molecule is Cc1cc([N+](=O)[O-])c2ncc(C3CCCC3)cc2c1. The molecule has 1 aromatic heterocycles. The van der Waals surface area contributed by atoms with Gasteiger partial charge in [0.2, 0.25) is 0 Å². The van der Waals surface area contributed by atoms with Gasteiger partial charge in [-0.05, 0) is 48.9 Å². The van der Waals surface area contributed by atoms with Crippen LogP contribution in [-0.4, -0.2) is 9.91 Å². The quantitative estimate of drug-likeness (QED) is 0.600. The van der Waals surface area contributed by atoms with Crippen molar-refractivity contribution in [1.82, 2.24) is 4.98 Å². The van der Waals surface area contributed by atoms with Crippen LogP contribution < -0.4 is 0 Å². The monoisotopic (exact) mass is 256 g/mol. The van der Waals surface area contributed by atoms with E-state index in [-0.39, 0.29) is 10.6 Å². The second kappa shape index (κ2) is 4.61. The number of benzene rings is 1. The largest absolute Gasteiger partial charge is 0.295 e. The van der Waals surface area contributed by atoms with Gasteiger partial charge in [-0.25, -0.2) is 4.98 Å². The predicted octanol–water partition coefficient (Wildman–Crippen LogP) is 4.11. The summed E-state index contributed by atoms with van der Waals surface area (Å²) in [6, 6.07) is 5.65. The highest BCUT2D eigenvalue weighted by Crippen LogP contribution is 2.35. The first kappa shape index (κ1) is 12.1. The molecule has 0 unspecified atom stereocenters. The van der Waals surface area contributed by atoms with Crippen LogP contribution in [0.4, 0.5) is 5.69 Å². The Hall–Kier alpha value is -1.97. The second-order valence-corrected chi connectivity index (χ2v) is 5.36. The van der Waals surface area contributed by atoms with Gasteiger partial charge in [0.1, 0.15) is 5.52 Å². The Bertz CT molecular complexity index is 646. The number of aromatic nitrogens is 1. The van der Waals surface area contributed by atoms with Crippen molar-refractivity contribution in [3.8, 4) is 0 Å². The maximum absolute atomic E-state index is 11.1. The van der Waals surface area contributed by atoms with E-state index in [1.54, 1.807) is 6.07 Å². The maximum atomic E-state index is 11.1. The van der Waals surface area contributed by atoms with E-state index in [4.69, 9.17) is 0 Å². The van der Waals surface area contributed by atoms with E-state index in [1.807, 2.05) is 19.2 Å². The van der Waals surface area contributed by atoms with Gasteiger partial charge < -0.3 is 0 Å². The lowest BCUT2D eigenvalue weighted by Gasteiger charge is -2.10. The van der Waals surface area contributed by atoms with Crippen LogP contribution in [0.5, 0.6) is 0 Å². The topological polar surface area (TPSA) is 56.0 Å². The van der Waals surface area contributed by atoms with Gasteiger partial charge in [0, 0.05) is 17.6 Å². The van der Waals surface area contributed by atoms with Crippen molar-refractivity contribution in [3.63, 3.8) is 0 Å². The Morgan fingerprint density at radius 3 is 2.68 bits per heavy atom. The molecule has 2 aromatic rings. The van der Waals surface area contributed by atoms with Crippen LogP contribution in [0, 0.1) is 17.0 Å². The van der Waals surface area contributed by atoms with Crippen molar-refractivity contribution in [2.45, 2.75) is 38.5 Å². The molecule has 0 spiro atoms. The van der Waals surface area contributed by atoms with E-state index in [9.17, 15) is 10.1 Å². The fraction of sp³-hybridized carbons (Fsp3) is 0.400. The minimum atomic E-state index is -0.350. The standard InChI is InChI=1S/C15H16N2O2/c1-10-6-12-8-13(11-4-2-3-5-11)9-16-15(12)14(7-10)17(18)19/h6-9,11H,2-5H2,1H3. The van der Waals surface area contributed by atoms with Crippen LogP contribution in [0.15, 0.2) is 24.4 Å². The molecule has 0 bridgehead atoms. The van der Waals surface area contributed by atoms with Crippen LogP contribution >= 0.6 is 0 Å². The number of aryl methyl sites for hydroxylation is 1. The molecular formula is C15H16N2O2. The summed E-state index contributed by atoms with van der Waals surface area (Å²) in [6.07, 6.45) is 6.79. The lowest BCUT2D eigenvalue weighted by atomic mass is 9.97. The molecule has 4 heteroatoms. The second-order valence-electron chi connectivity index (χ2n) is 5.36. The average Bonchev–Trinajstić information content (AvgIpc) is 2.90. The highest BCUT2D eigenvalue weighted by molar-refractivity contribution is 5.88. The average molecular weight is 256 g/mol. The number of hydrogen-bond donors (Lipinski definition) is 0. The number of nitro benzene ring substituents is 1. The zero-order valence-electron chi connectivity index (χ0n) is 10.9. The summed E-state index contributed by atoms with van der Waals surface area (Å²) in [6.45, 7) is 1.88.